The molecule has 1 radical (unpaired) electrons. The van der Waals surface area contributed by atoms with E-state index in [0.29, 0.717) is 29.3 Å². The zero-order chi connectivity index (χ0) is 21.5. The van der Waals surface area contributed by atoms with Crippen molar-refractivity contribution in [2.24, 2.45) is 5.92 Å². The number of nitrogens with one attached hydrogen (secondary N) is 1. The average Bonchev–Trinajstić information content (AvgIpc) is 3.47. The number of ketones is 1. The van der Waals surface area contributed by atoms with Crippen molar-refractivity contribution in [3.05, 3.63) is 68.3 Å². The second kappa shape index (κ2) is 8.43. The molecular formula is C23H24N3O3S2. The summed E-state index contributed by atoms with van der Waals surface area (Å²) in [4.78, 5) is 24.8. The zero-order valence-corrected chi connectivity index (χ0v) is 18.8. The predicted octanol–water partition coefficient (Wildman–Crippen LogP) is 4.19. The molecule has 4 atom stereocenters. The van der Waals surface area contributed by atoms with Gasteiger partial charge in [-0.2, -0.15) is 0 Å². The van der Waals surface area contributed by atoms with E-state index in [1.54, 1.807) is 17.5 Å². The summed E-state index contributed by atoms with van der Waals surface area (Å²) in [6.07, 6.45) is 4.72. The number of aromatic nitrogens is 2. The van der Waals surface area contributed by atoms with Gasteiger partial charge in [0.15, 0.2) is 0 Å². The van der Waals surface area contributed by atoms with Crippen LogP contribution in [0.5, 0.6) is 0 Å². The van der Waals surface area contributed by atoms with Gasteiger partial charge in [0.25, 0.3) is 0 Å². The Labute approximate surface area is 189 Å². The van der Waals surface area contributed by atoms with Gasteiger partial charge < -0.3 is 15.2 Å². The lowest BCUT2D eigenvalue weighted by atomic mass is 10.0. The van der Waals surface area contributed by atoms with Crippen LogP contribution in [-0.4, -0.2) is 39.6 Å². The Morgan fingerprint density at radius 3 is 3.06 bits per heavy atom. The number of carbonyl (C=O) groups is 1. The third-order valence-corrected chi connectivity index (χ3v) is 8.16. The molecule has 0 amide bonds. The quantitative estimate of drug-likeness (QED) is 0.563. The fraction of sp³-hybridized carbons (Fsp3) is 0.391. The Kier molecular flexibility index (Phi) is 5.64. The summed E-state index contributed by atoms with van der Waals surface area (Å²) in [7, 11) is 0. The van der Waals surface area contributed by atoms with E-state index in [1.807, 2.05) is 13.0 Å². The number of fused-ring (bicyclic) bond motifs is 1. The summed E-state index contributed by atoms with van der Waals surface area (Å²) in [6, 6.07) is 4.16. The highest BCUT2D eigenvalue weighted by molar-refractivity contribution is 7.14. The number of rotatable bonds is 5. The maximum Gasteiger partial charge on any atom is 0.208 e. The van der Waals surface area contributed by atoms with Crippen LogP contribution in [0.3, 0.4) is 0 Å². The van der Waals surface area contributed by atoms with E-state index >= 15 is 0 Å². The van der Waals surface area contributed by atoms with E-state index in [2.05, 4.69) is 33.7 Å². The first-order chi connectivity index (χ1) is 15.0. The van der Waals surface area contributed by atoms with Gasteiger partial charge in [-0.15, -0.1) is 22.7 Å². The van der Waals surface area contributed by atoms with Crippen molar-refractivity contribution in [2.75, 3.05) is 11.9 Å². The van der Waals surface area contributed by atoms with E-state index in [9.17, 15) is 9.90 Å². The fourth-order valence-corrected chi connectivity index (χ4v) is 6.42. The van der Waals surface area contributed by atoms with Crippen molar-refractivity contribution >= 4 is 34.3 Å². The number of hydrogen-bond acceptors (Lipinski definition) is 8. The van der Waals surface area contributed by atoms with Crippen molar-refractivity contribution in [3.63, 3.8) is 0 Å². The van der Waals surface area contributed by atoms with Gasteiger partial charge in [-0.25, -0.2) is 9.97 Å². The summed E-state index contributed by atoms with van der Waals surface area (Å²) < 4.78 is 6.10. The molecular weight excluding hydrogens is 430 g/mol. The average molecular weight is 455 g/mol. The van der Waals surface area contributed by atoms with Gasteiger partial charge in [0, 0.05) is 27.6 Å². The molecule has 31 heavy (non-hydrogen) atoms. The zero-order valence-electron chi connectivity index (χ0n) is 17.2. The lowest BCUT2D eigenvalue weighted by molar-refractivity contribution is 0.0727. The number of aryl methyl sites for hydroxylation is 1. The number of thiophene rings is 2. The second-order valence-electron chi connectivity index (χ2n) is 8.19. The molecule has 3 aromatic rings. The number of aliphatic hydroxyl groups is 1. The number of carbonyl (C=O) groups excluding carboxylic acids is 1. The van der Waals surface area contributed by atoms with E-state index < -0.39 is 6.10 Å². The Morgan fingerprint density at radius 1 is 1.39 bits per heavy atom. The van der Waals surface area contributed by atoms with Gasteiger partial charge in [0.1, 0.15) is 18.2 Å². The third-order valence-electron chi connectivity index (χ3n) is 6.09. The van der Waals surface area contributed by atoms with Crippen molar-refractivity contribution in [1.82, 2.24) is 9.97 Å². The molecule has 1 fully saturated rings. The lowest BCUT2D eigenvalue weighted by Crippen LogP contribution is -2.20. The summed E-state index contributed by atoms with van der Waals surface area (Å²) >= 11 is 3.19. The first-order valence-corrected chi connectivity index (χ1v) is 12.1. The molecule has 8 heteroatoms. The first kappa shape index (κ1) is 20.8. The number of hydrogen-bond donors (Lipinski definition) is 2. The van der Waals surface area contributed by atoms with Gasteiger partial charge in [-0.1, -0.05) is 0 Å². The van der Waals surface area contributed by atoms with Gasteiger partial charge in [0.05, 0.1) is 23.2 Å². The number of nitrogens with zero attached hydrogens (tertiary/aromatic N) is 2. The highest BCUT2D eigenvalue weighted by atomic mass is 32.1. The molecule has 0 aromatic carbocycles. The van der Waals surface area contributed by atoms with Crippen LogP contribution >= 0.6 is 22.7 Å². The van der Waals surface area contributed by atoms with Crippen LogP contribution in [-0.2, 0) is 11.2 Å². The third kappa shape index (κ3) is 3.93. The van der Waals surface area contributed by atoms with Crippen molar-refractivity contribution in [1.29, 1.82) is 0 Å². The molecule has 1 aliphatic carbocycles. The van der Waals surface area contributed by atoms with Crippen molar-refractivity contribution in [2.45, 2.75) is 44.4 Å². The first-order valence-electron chi connectivity index (χ1n) is 10.4. The molecule has 0 spiro atoms. The summed E-state index contributed by atoms with van der Waals surface area (Å²) in [5.41, 5.74) is 2.84. The van der Waals surface area contributed by atoms with E-state index in [-0.39, 0.29) is 23.8 Å². The van der Waals surface area contributed by atoms with E-state index in [0.717, 1.165) is 23.3 Å². The minimum atomic E-state index is -0.432. The number of anilines is 1. The van der Waals surface area contributed by atoms with Gasteiger partial charge in [0.2, 0.25) is 5.78 Å². The summed E-state index contributed by atoms with van der Waals surface area (Å²) in [6.45, 7) is 6.71. The van der Waals surface area contributed by atoms with Crippen LogP contribution < -0.4 is 5.32 Å². The molecule has 161 valence electrons. The highest BCUT2D eigenvalue weighted by Crippen LogP contribution is 2.40. The van der Waals surface area contributed by atoms with Crippen LogP contribution in [0.1, 0.15) is 55.1 Å². The normalized spacial score (nSPS) is 25.4. The monoisotopic (exact) mass is 454 g/mol. The van der Waals surface area contributed by atoms with E-state index in [4.69, 9.17) is 4.74 Å². The molecule has 1 aliphatic heterocycles. The molecule has 1 saturated carbocycles. The molecule has 6 nitrogen and oxygen atoms in total. The smallest absolute Gasteiger partial charge is 0.208 e. The van der Waals surface area contributed by atoms with Crippen LogP contribution in [0.2, 0.25) is 0 Å². The summed E-state index contributed by atoms with van der Waals surface area (Å²) in [5, 5.41) is 15.4. The SMILES string of the molecule is [CH2][C@@H]1C[C@@H](Nc2ncncc2C(=O)c2cc([C@H]3OCCc4ccsc43)c(C)s2)C[C@@H]1O. The maximum absolute atomic E-state index is 13.4. The molecule has 0 bridgehead atoms. The number of aliphatic hydroxyl groups excluding tert-OH is 1. The Morgan fingerprint density at radius 2 is 2.26 bits per heavy atom. The minimum absolute atomic E-state index is 0.0152. The van der Waals surface area contributed by atoms with E-state index in [1.165, 1.54) is 28.1 Å². The van der Waals surface area contributed by atoms with Crippen molar-refractivity contribution in [3.8, 4) is 0 Å². The lowest BCUT2D eigenvalue weighted by Gasteiger charge is -2.23. The van der Waals surface area contributed by atoms with Crippen LogP contribution in [0.4, 0.5) is 5.82 Å². The number of ether oxygens (including phenoxy) is 1. The highest BCUT2D eigenvalue weighted by Gasteiger charge is 2.32. The molecule has 4 heterocycles. The summed E-state index contributed by atoms with van der Waals surface area (Å²) in [5.74, 6) is 0.390. The van der Waals surface area contributed by atoms with Crippen molar-refractivity contribution < 1.29 is 14.6 Å². The Balaban J connectivity index is 1.42. The largest absolute Gasteiger partial charge is 0.393 e. The van der Waals surface area contributed by atoms with Crippen LogP contribution in [0, 0.1) is 19.8 Å². The van der Waals surface area contributed by atoms with Crippen LogP contribution in [0.25, 0.3) is 0 Å². The Hall–Kier alpha value is -2.13. The molecule has 2 aliphatic rings. The Bertz CT molecular complexity index is 1100. The second-order valence-corrected chi connectivity index (χ2v) is 10.4. The van der Waals surface area contributed by atoms with Gasteiger partial charge in [-0.3, -0.25) is 4.79 Å². The fourth-order valence-electron chi connectivity index (χ4n) is 4.40. The van der Waals surface area contributed by atoms with Gasteiger partial charge >= 0.3 is 0 Å². The maximum atomic E-state index is 13.4. The predicted molar refractivity (Wildman–Crippen MR) is 122 cm³/mol. The molecule has 0 unspecified atom stereocenters. The molecule has 2 N–H and O–H groups in total. The van der Waals surface area contributed by atoms with Gasteiger partial charge in [-0.05, 0) is 62.1 Å². The van der Waals surface area contributed by atoms with Crippen LogP contribution in [0.15, 0.2) is 30.0 Å². The molecule has 3 aromatic heterocycles. The molecule has 0 saturated heterocycles. The topological polar surface area (TPSA) is 84.3 Å². The molecule has 5 rings (SSSR count). The standard InChI is InChI=1S/C23H24N3O3S2/c1-12-7-15(8-18(12)27)26-23-17(10-24-11-25-23)20(28)19-9-16(13(2)31-19)21-22-14(3-5-29-21)4-6-30-22/h4,6,9-12,15,18,21,27H,1,3,5,7-8H2,2H3,(H,24,25,26)/t12-,15-,18+,21-/m1/s1. The minimum Gasteiger partial charge on any atom is -0.393 e.